The smallest absolute Gasteiger partial charge is 0.253 e. The van der Waals surface area contributed by atoms with Crippen LogP contribution in [0.5, 0.6) is 5.75 Å². The van der Waals surface area contributed by atoms with E-state index in [2.05, 4.69) is 13.8 Å². The Hall–Kier alpha value is -1.51. The lowest BCUT2D eigenvalue weighted by Crippen LogP contribution is -2.42. The zero-order chi connectivity index (χ0) is 13.9. The third-order valence-corrected chi connectivity index (χ3v) is 4.73. The van der Waals surface area contributed by atoms with E-state index in [9.17, 15) is 9.90 Å². The van der Waals surface area contributed by atoms with Gasteiger partial charge >= 0.3 is 0 Å². The van der Waals surface area contributed by atoms with Crippen molar-refractivity contribution in [2.75, 3.05) is 13.1 Å². The van der Waals surface area contributed by atoms with Gasteiger partial charge < -0.3 is 10.0 Å². The third-order valence-electron chi connectivity index (χ3n) is 4.73. The van der Waals surface area contributed by atoms with Crippen LogP contribution in [0.3, 0.4) is 0 Å². The molecule has 1 N–H and O–H groups in total. The van der Waals surface area contributed by atoms with Crippen LogP contribution in [0.2, 0.25) is 0 Å². The van der Waals surface area contributed by atoms with Crippen molar-refractivity contribution in [1.82, 2.24) is 4.90 Å². The highest BCUT2D eigenvalue weighted by Gasteiger charge is 2.32. The lowest BCUT2D eigenvalue weighted by atomic mass is 9.74. The summed E-state index contributed by atoms with van der Waals surface area (Å²) >= 11 is 0. The number of nitrogens with zero attached hydrogens (tertiary/aromatic N) is 1. The number of phenolic OH excluding ortho intramolecular Hbond substituents is 1. The Labute approximate surface area is 115 Å². The average molecular weight is 261 g/mol. The van der Waals surface area contributed by atoms with E-state index in [0.29, 0.717) is 11.0 Å². The van der Waals surface area contributed by atoms with Crippen molar-refractivity contribution >= 4 is 5.91 Å². The van der Waals surface area contributed by atoms with Gasteiger partial charge in [-0.05, 0) is 42.5 Å². The number of phenols is 1. The van der Waals surface area contributed by atoms with E-state index >= 15 is 0 Å². The first-order valence-corrected chi connectivity index (χ1v) is 7.18. The van der Waals surface area contributed by atoms with E-state index in [1.54, 1.807) is 24.3 Å². The van der Waals surface area contributed by atoms with Gasteiger partial charge in [0.1, 0.15) is 5.75 Å². The van der Waals surface area contributed by atoms with Crippen LogP contribution in [0.4, 0.5) is 0 Å². The molecule has 19 heavy (non-hydrogen) atoms. The summed E-state index contributed by atoms with van der Waals surface area (Å²) in [7, 11) is 0. The highest BCUT2D eigenvalue weighted by molar-refractivity contribution is 5.94. The summed E-state index contributed by atoms with van der Waals surface area (Å²) in [4.78, 5) is 14.3. The van der Waals surface area contributed by atoms with Gasteiger partial charge in [0.25, 0.3) is 5.91 Å². The van der Waals surface area contributed by atoms with Gasteiger partial charge in [0, 0.05) is 18.7 Å². The van der Waals surface area contributed by atoms with Crippen LogP contribution in [0.1, 0.15) is 49.9 Å². The second-order valence-electron chi connectivity index (χ2n) is 5.55. The molecule has 0 bridgehead atoms. The highest BCUT2D eigenvalue weighted by Crippen LogP contribution is 2.38. The molecule has 3 heteroatoms. The first-order chi connectivity index (χ1) is 9.10. The quantitative estimate of drug-likeness (QED) is 0.905. The zero-order valence-electron chi connectivity index (χ0n) is 11.9. The first-order valence-electron chi connectivity index (χ1n) is 7.18. The number of benzene rings is 1. The van der Waals surface area contributed by atoms with Gasteiger partial charge in [0.15, 0.2) is 0 Å². The fourth-order valence-corrected chi connectivity index (χ4v) is 2.93. The van der Waals surface area contributed by atoms with Gasteiger partial charge in [-0.2, -0.15) is 0 Å². The minimum atomic E-state index is 0.0841. The van der Waals surface area contributed by atoms with Crippen LogP contribution < -0.4 is 0 Å². The number of hydrogen-bond donors (Lipinski definition) is 1. The molecule has 0 radical (unpaired) electrons. The van der Waals surface area contributed by atoms with Crippen LogP contribution in [0.25, 0.3) is 0 Å². The van der Waals surface area contributed by atoms with Crippen LogP contribution >= 0.6 is 0 Å². The summed E-state index contributed by atoms with van der Waals surface area (Å²) in [6.45, 7) is 6.20. The van der Waals surface area contributed by atoms with Crippen molar-refractivity contribution in [3.63, 3.8) is 0 Å². The summed E-state index contributed by atoms with van der Waals surface area (Å²) in [6.07, 6.45) is 4.60. The second-order valence-corrected chi connectivity index (χ2v) is 5.55. The van der Waals surface area contributed by atoms with Crippen molar-refractivity contribution in [2.45, 2.75) is 39.5 Å². The lowest BCUT2D eigenvalue weighted by molar-refractivity contribution is 0.0558. The molecular formula is C16H23NO2. The maximum atomic E-state index is 12.3. The maximum Gasteiger partial charge on any atom is 0.253 e. The molecule has 1 aliphatic rings. The normalized spacial score (nSPS) is 18.3. The molecule has 3 nitrogen and oxygen atoms in total. The Bertz CT molecular complexity index is 425. The van der Waals surface area contributed by atoms with E-state index in [1.807, 2.05) is 4.90 Å². The Kier molecular flexibility index (Phi) is 4.13. The molecule has 0 aromatic heterocycles. The third kappa shape index (κ3) is 2.91. The SMILES string of the molecule is CCC1(CC)CCN(C(=O)c2ccc(O)cc2)CC1. The number of carbonyl (C=O) groups excluding carboxylic acids is 1. The predicted molar refractivity (Wildman–Crippen MR) is 76.3 cm³/mol. The molecule has 1 aliphatic heterocycles. The fraction of sp³-hybridized carbons (Fsp3) is 0.562. The molecule has 0 unspecified atom stereocenters. The number of likely N-dealkylation sites (tertiary alicyclic amines) is 1. The molecule has 1 amide bonds. The summed E-state index contributed by atoms with van der Waals surface area (Å²) in [5.74, 6) is 0.284. The minimum absolute atomic E-state index is 0.0841. The Morgan fingerprint density at radius 1 is 1.16 bits per heavy atom. The van der Waals surface area contributed by atoms with Gasteiger partial charge in [-0.1, -0.05) is 26.7 Å². The van der Waals surface area contributed by atoms with Crippen LogP contribution in [0.15, 0.2) is 24.3 Å². The molecule has 1 fully saturated rings. The summed E-state index contributed by atoms with van der Waals surface area (Å²) in [6, 6.07) is 6.53. The average Bonchev–Trinajstić information content (AvgIpc) is 2.47. The van der Waals surface area contributed by atoms with E-state index in [4.69, 9.17) is 0 Å². The number of carbonyl (C=O) groups is 1. The van der Waals surface area contributed by atoms with Crippen molar-refractivity contribution in [1.29, 1.82) is 0 Å². The Balaban J connectivity index is 2.01. The van der Waals surface area contributed by atoms with E-state index in [0.717, 1.165) is 25.9 Å². The second kappa shape index (κ2) is 5.64. The van der Waals surface area contributed by atoms with E-state index in [-0.39, 0.29) is 11.7 Å². The van der Waals surface area contributed by atoms with Gasteiger partial charge in [-0.15, -0.1) is 0 Å². The van der Waals surface area contributed by atoms with Gasteiger partial charge in [-0.3, -0.25) is 4.79 Å². The lowest BCUT2D eigenvalue weighted by Gasteiger charge is -2.41. The van der Waals surface area contributed by atoms with Gasteiger partial charge in [-0.25, -0.2) is 0 Å². The number of piperidine rings is 1. The Morgan fingerprint density at radius 3 is 2.16 bits per heavy atom. The number of rotatable bonds is 3. The van der Waals surface area contributed by atoms with Crippen LogP contribution in [-0.2, 0) is 0 Å². The van der Waals surface area contributed by atoms with Crippen molar-refractivity contribution in [2.24, 2.45) is 5.41 Å². The molecular weight excluding hydrogens is 238 g/mol. The summed E-state index contributed by atoms with van der Waals surface area (Å²) in [5.41, 5.74) is 1.10. The monoisotopic (exact) mass is 261 g/mol. The number of amides is 1. The highest BCUT2D eigenvalue weighted by atomic mass is 16.3. The zero-order valence-corrected chi connectivity index (χ0v) is 11.9. The molecule has 0 saturated carbocycles. The fourth-order valence-electron chi connectivity index (χ4n) is 2.93. The van der Waals surface area contributed by atoms with Crippen LogP contribution in [-0.4, -0.2) is 29.0 Å². The molecule has 0 atom stereocenters. The molecule has 0 aliphatic carbocycles. The largest absolute Gasteiger partial charge is 0.508 e. The predicted octanol–water partition coefficient (Wildman–Crippen LogP) is 3.43. The van der Waals surface area contributed by atoms with E-state index < -0.39 is 0 Å². The molecule has 2 rings (SSSR count). The maximum absolute atomic E-state index is 12.3. The minimum Gasteiger partial charge on any atom is -0.508 e. The van der Waals surface area contributed by atoms with Crippen molar-refractivity contribution in [3.05, 3.63) is 29.8 Å². The Morgan fingerprint density at radius 2 is 1.68 bits per heavy atom. The molecule has 1 heterocycles. The first kappa shape index (κ1) is 13.9. The molecule has 0 spiro atoms. The number of aromatic hydroxyl groups is 1. The summed E-state index contributed by atoms with van der Waals surface area (Å²) in [5, 5.41) is 9.26. The van der Waals surface area contributed by atoms with Crippen molar-refractivity contribution < 1.29 is 9.90 Å². The van der Waals surface area contributed by atoms with Gasteiger partial charge in [0.05, 0.1) is 0 Å². The van der Waals surface area contributed by atoms with Crippen LogP contribution in [0, 0.1) is 5.41 Å². The molecule has 1 aromatic rings. The standard InChI is InChI=1S/C16H23NO2/c1-3-16(4-2)9-11-17(12-10-16)15(19)13-5-7-14(18)8-6-13/h5-8,18H,3-4,9-12H2,1-2H3. The summed E-state index contributed by atoms with van der Waals surface area (Å²) < 4.78 is 0. The molecule has 1 saturated heterocycles. The van der Waals surface area contributed by atoms with Gasteiger partial charge in [0.2, 0.25) is 0 Å². The van der Waals surface area contributed by atoms with Crippen molar-refractivity contribution in [3.8, 4) is 5.75 Å². The van der Waals surface area contributed by atoms with E-state index in [1.165, 1.54) is 12.8 Å². The topological polar surface area (TPSA) is 40.5 Å². The molecule has 104 valence electrons. The molecule has 1 aromatic carbocycles. The number of hydrogen-bond acceptors (Lipinski definition) is 2.